The molecule has 0 unspecified atom stereocenters. The van der Waals surface area contributed by atoms with Crippen molar-refractivity contribution in [3.05, 3.63) is 47.0 Å². The summed E-state index contributed by atoms with van der Waals surface area (Å²) in [6.45, 7) is 5.72. The third-order valence-corrected chi connectivity index (χ3v) is 6.87. The highest BCUT2D eigenvalue weighted by molar-refractivity contribution is 5.86. The number of aliphatic hydroxyl groups excluding tert-OH is 1. The van der Waals surface area contributed by atoms with E-state index in [1.807, 2.05) is 6.07 Å². The van der Waals surface area contributed by atoms with Crippen molar-refractivity contribution >= 4 is 5.97 Å². The van der Waals surface area contributed by atoms with Crippen molar-refractivity contribution in [3.8, 4) is 0 Å². The molecule has 2 aliphatic carbocycles. The van der Waals surface area contributed by atoms with Gasteiger partial charge in [-0.2, -0.15) is 0 Å². The highest BCUT2D eigenvalue weighted by Crippen LogP contribution is 2.43. The van der Waals surface area contributed by atoms with Crippen molar-refractivity contribution in [2.24, 2.45) is 11.8 Å². The van der Waals surface area contributed by atoms with Crippen LogP contribution < -0.4 is 0 Å². The molecule has 28 heavy (non-hydrogen) atoms. The van der Waals surface area contributed by atoms with Crippen molar-refractivity contribution < 1.29 is 14.6 Å². The smallest absolute Gasteiger partial charge is 0.333 e. The summed E-state index contributed by atoms with van der Waals surface area (Å²) < 4.78 is 5.32. The Labute approximate surface area is 170 Å². The van der Waals surface area contributed by atoms with Gasteiger partial charge in [-0.3, -0.25) is 0 Å². The van der Waals surface area contributed by atoms with Crippen LogP contribution in [-0.4, -0.2) is 17.7 Å². The highest BCUT2D eigenvalue weighted by Gasteiger charge is 2.29. The minimum absolute atomic E-state index is 0.0489. The number of rotatable bonds is 7. The van der Waals surface area contributed by atoms with Crippen LogP contribution in [0.5, 0.6) is 0 Å². The second-order valence-corrected chi connectivity index (χ2v) is 8.87. The molecule has 0 bridgehead atoms. The summed E-state index contributed by atoms with van der Waals surface area (Å²) in [4.78, 5) is 11.7. The van der Waals surface area contributed by atoms with E-state index in [9.17, 15) is 9.90 Å². The Morgan fingerprint density at radius 2 is 1.75 bits per heavy atom. The molecule has 1 aromatic rings. The number of hydrogen-bond donors (Lipinski definition) is 1. The van der Waals surface area contributed by atoms with Crippen LogP contribution in [0.2, 0.25) is 0 Å². The summed E-state index contributed by atoms with van der Waals surface area (Å²) in [7, 11) is 0. The van der Waals surface area contributed by atoms with Gasteiger partial charge in [0.2, 0.25) is 0 Å². The van der Waals surface area contributed by atoms with Crippen LogP contribution in [0.15, 0.2) is 30.4 Å². The van der Waals surface area contributed by atoms with Crippen LogP contribution in [0, 0.1) is 11.8 Å². The van der Waals surface area contributed by atoms with Gasteiger partial charge in [-0.25, -0.2) is 4.79 Å². The first-order chi connectivity index (χ1) is 13.6. The second-order valence-electron chi connectivity index (χ2n) is 8.87. The molecule has 0 radical (unpaired) electrons. The number of benzene rings is 1. The minimum Gasteiger partial charge on any atom is -0.462 e. The molecule has 3 nitrogen and oxygen atoms in total. The second kappa shape index (κ2) is 10.2. The largest absolute Gasteiger partial charge is 0.462 e. The fraction of sp³-hybridized carbons (Fsp3) is 0.640. The first kappa shape index (κ1) is 21.1. The minimum atomic E-state index is -0.326. The lowest BCUT2D eigenvalue weighted by Crippen LogP contribution is -2.23. The van der Waals surface area contributed by atoms with Gasteiger partial charge in [0.15, 0.2) is 0 Å². The molecule has 0 atom stereocenters. The zero-order valence-corrected chi connectivity index (χ0v) is 17.4. The standard InChI is InChI=1S/C25H36O3/c1-18(2)25(27)28-15-14-23-16-19(17-26)8-13-24(23)22-11-9-21(10-12-22)20-6-4-3-5-7-20/h8,13,16,20-22,26H,1,3-7,9-12,14-15,17H2,2H3. The van der Waals surface area contributed by atoms with Crippen LogP contribution in [-0.2, 0) is 22.6 Å². The van der Waals surface area contributed by atoms with Gasteiger partial charge in [0.1, 0.15) is 0 Å². The Bertz CT molecular complexity index is 664. The monoisotopic (exact) mass is 384 g/mol. The lowest BCUT2D eigenvalue weighted by Gasteiger charge is -2.36. The highest BCUT2D eigenvalue weighted by atomic mass is 16.5. The van der Waals surface area contributed by atoms with E-state index in [0.717, 1.165) is 17.4 Å². The van der Waals surface area contributed by atoms with Crippen LogP contribution in [0.25, 0.3) is 0 Å². The number of hydrogen-bond acceptors (Lipinski definition) is 3. The Kier molecular flexibility index (Phi) is 7.73. The number of carbonyl (C=O) groups is 1. The number of esters is 1. The molecule has 3 rings (SSSR count). The topological polar surface area (TPSA) is 46.5 Å². The quantitative estimate of drug-likeness (QED) is 0.485. The molecule has 0 saturated heterocycles. The molecule has 0 amide bonds. The average molecular weight is 385 g/mol. The molecule has 0 aliphatic heterocycles. The van der Waals surface area contributed by atoms with Crippen LogP contribution >= 0.6 is 0 Å². The molecule has 0 spiro atoms. The maximum Gasteiger partial charge on any atom is 0.333 e. The van der Waals surface area contributed by atoms with Crippen LogP contribution in [0.1, 0.15) is 87.3 Å². The molecule has 1 N–H and O–H groups in total. The summed E-state index contributed by atoms with van der Waals surface area (Å²) in [5.74, 6) is 2.16. The van der Waals surface area contributed by atoms with Gasteiger partial charge in [-0.15, -0.1) is 0 Å². The summed E-state index contributed by atoms with van der Waals surface area (Å²) >= 11 is 0. The maximum atomic E-state index is 11.7. The van der Waals surface area contributed by atoms with Crippen molar-refractivity contribution in [2.75, 3.05) is 6.61 Å². The van der Waals surface area contributed by atoms with Gasteiger partial charge < -0.3 is 9.84 Å². The first-order valence-corrected chi connectivity index (χ1v) is 11.1. The van der Waals surface area contributed by atoms with E-state index < -0.39 is 0 Å². The van der Waals surface area contributed by atoms with Crippen LogP contribution in [0.3, 0.4) is 0 Å². The predicted molar refractivity (Wildman–Crippen MR) is 113 cm³/mol. The molecular formula is C25H36O3. The van der Waals surface area contributed by atoms with E-state index >= 15 is 0 Å². The lowest BCUT2D eigenvalue weighted by molar-refractivity contribution is -0.138. The molecule has 0 heterocycles. The summed E-state index contributed by atoms with van der Waals surface area (Å²) in [6, 6.07) is 6.34. The molecule has 2 aliphatic rings. The average Bonchev–Trinajstić information content (AvgIpc) is 2.74. The third-order valence-electron chi connectivity index (χ3n) is 6.87. The van der Waals surface area contributed by atoms with Crippen molar-refractivity contribution in [3.63, 3.8) is 0 Å². The van der Waals surface area contributed by atoms with E-state index in [2.05, 4.69) is 18.7 Å². The molecule has 3 heteroatoms. The first-order valence-electron chi connectivity index (χ1n) is 11.1. The Balaban J connectivity index is 1.62. The van der Waals surface area contributed by atoms with Gasteiger partial charge in [-0.1, -0.05) is 56.9 Å². The van der Waals surface area contributed by atoms with Gasteiger partial charge in [-0.05, 0) is 67.1 Å². The van der Waals surface area contributed by atoms with Crippen LogP contribution in [0.4, 0.5) is 0 Å². The Morgan fingerprint density at radius 3 is 2.39 bits per heavy atom. The Morgan fingerprint density at radius 1 is 1.07 bits per heavy atom. The maximum absolute atomic E-state index is 11.7. The van der Waals surface area contributed by atoms with E-state index in [4.69, 9.17) is 4.74 Å². The SMILES string of the molecule is C=C(C)C(=O)OCCc1cc(CO)ccc1C1CCC(C2CCCCC2)CC1. The number of aliphatic hydroxyl groups is 1. The molecule has 154 valence electrons. The van der Waals surface area contributed by atoms with E-state index in [1.54, 1.807) is 6.92 Å². The van der Waals surface area contributed by atoms with E-state index in [0.29, 0.717) is 24.5 Å². The van der Waals surface area contributed by atoms with Gasteiger partial charge in [0, 0.05) is 12.0 Å². The predicted octanol–water partition coefficient (Wildman–Crippen LogP) is 5.69. The molecule has 2 fully saturated rings. The zero-order valence-electron chi connectivity index (χ0n) is 17.4. The van der Waals surface area contributed by atoms with Gasteiger partial charge >= 0.3 is 5.97 Å². The van der Waals surface area contributed by atoms with Crippen molar-refractivity contribution in [1.29, 1.82) is 0 Å². The molecule has 1 aromatic carbocycles. The van der Waals surface area contributed by atoms with Gasteiger partial charge in [0.05, 0.1) is 13.2 Å². The fourth-order valence-corrected chi connectivity index (χ4v) is 5.26. The van der Waals surface area contributed by atoms with Gasteiger partial charge in [0.25, 0.3) is 0 Å². The molecular weight excluding hydrogens is 348 g/mol. The molecule has 0 aromatic heterocycles. The fourth-order valence-electron chi connectivity index (χ4n) is 5.26. The number of ether oxygens (including phenoxy) is 1. The molecule has 2 saturated carbocycles. The number of carbonyl (C=O) groups excluding carboxylic acids is 1. The van der Waals surface area contributed by atoms with Crippen molar-refractivity contribution in [1.82, 2.24) is 0 Å². The summed E-state index contributed by atoms with van der Waals surface area (Å²) in [5, 5.41) is 9.53. The summed E-state index contributed by atoms with van der Waals surface area (Å²) in [5.41, 5.74) is 3.99. The summed E-state index contributed by atoms with van der Waals surface area (Å²) in [6.07, 6.45) is 13.1. The normalized spacial score (nSPS) is 23.4. The Hall–Kier alpha value is -1.61. The van der Waals surface area contributed by atoms with E-state index in [1.165, 1.54) is 68.9 Å². The van der Waals surface area contributed by atoms with E-state index in [-0.39, 0.29) is 12.6 Å². The lowest BCUT2D eigenvalue weighted by atomic mass is 9.69. The third kappa shape index (κ3) is 5.47. The van der Waals surface area contributed by atoms with Crippen molar-refractivity contribution in [2.45, 2.75) is 83.7 Å². The zero-order chi connectivity index (χ0) is 19.9.